The van der Waals surface area contributed by atoms with Crippen molar-refractivity contribution in [2.75, 3.05) is 5.32 Å². The van der Waals surface area contributed by atoms with Gasteiger partial charge in [0, 0.05) is 24.3 Å². The van der Waals surface area contributed by atoms with Crippen LogP contribution in [0.3, 0.4) is 0 Å². The molecule has 1 saturated carbocycles. The molecule has 0 spiro atoms. The molecule has 1 aromatic rings. The molecule has 0 bridgehead atoms. The number of rotatable bonds is 3. The van der Waals surface area contributed by atoms with Gasteiger partial charge in [0.1, 0.15) is 5.82 Å². The van der Waals surface area contributed by atoms with Crippen LogP contribution in [-0.2, 0) is 6.54 Å². The maximum atomic E-state index is 5.70. The number of nitrogens with zero attached hydrogens (tertiary/aromatic N) is 1. The minimum absolute atomic E-state index is 0.468. The van der Waals surface area contributed by atoms with E-state index in [9.17, 15) is 0 Å². The van der Waals surface area contributed by atoms with E-state index in [0.29, 0.717) is 18.0 Å². The Morgan fingerprint density at radius 3 is 3.00 bits per heavy atom. The summed E-state index contributed by atoms with van der Waals surface area (Å²) in [4.78, 5) is 4.37. The van der Waals surface area contributed by atoms with Gasteiger partial charge in [-0.15, -0.1) is 0 Å². The Hall–Kier alpha value is -1.09. The molecule has 1 heterocycles. The average molecular weight is 219 g/mol. The molecule has 1 aromatic heterocycles. The molecule has 3 heteroatoms. The van der Waals surface area contributed by atoms with Crippen molar-refractivity contribution in [1.82, 2.24) is 4.98 Å². The lowest BCUT2D eigenvalue weighted by atomic mass is 9.92. The van der Waals surface area contributed by atoms with Gasteiger partial charge in [-0.05, 0) is 30.7 Å². The maximum Gasteiger partial charge on any atom is 0.130 e. The van der Waals surface area contributed by atoms with Crippen LogP contribution in [-0.4, -0.2) is 11.0 Å². The van der Waals surface area contributed by atoms with E-state index in [-0.39, 0.29) is 0 Å². The summed E-state index contributed by atoms with van der Waals surface area (Å²) in [5, 5.41) is 3.52. The fraction of sp³-hybridized carbons (Fsp3) is 0.615. The highest BCUT2D eigenvalue weighted by atomic mass is 15.0. The molecule has 1 aliphatic rings. The molecule has 2 rings (SSSR count). The molecule has 1 unspecified atom stereocenters. The van der Waals surface area contributed by atoms with Gasteiger partial charge in [-0.25, -0.2) is 4.98 Å². The third-order valence-electron chi connectivity index (χ3n) is 3.42. The summed E-state index contributed by atoms with van der Waals surface area (Å²) in [6.45, 7) is 5.21. The molecule has 3 N–H and O–H groups in total. The summed E-state index contributed by atoms with van der Waals surface area (Å²) in [7, 11) is 0. The summed E-state index contributed by atoms with van der Waals surface area (Å²) in [6, 6.07) is 4.52. The number of nitrogens with one attached hydrogen (secondary N) is 1. The van der Waals surface area contributed by atoms with E-state index in [0.717, 1.165) is 11.4 Å². The lowest BCUT2D eigenvalue weighted by molar-refractivity contribution is 0.378. The van der Waals surface area contributed by atoms with E-state index in [1.807, 2.05) is 18.3 Å². The Labute approximate surface area is 97.5 Å². The quantitative estimate of drug-likeness (QED) is 0.821. The highest BCUT2D eigenvalue weighted by Gasteiger charge is 2.31. The van der Waals surface area contributed by atoms with Crippen molar-refractivity contribution < 1.29 is 0 Å². The third kappa shape index (κ3) is 2.53. The van der Waals surface area contributed by atoms with Gasteiger partial charge in [0.25, 0.3) is 0 Å². The van der Waals surface area contributed by atoms with Gasteiger partial charge in [0.2, 0.25) is 0 Å². The SMILES string of the molecule is CC1(C)CCC(Nc2ncccc2CN)C1. The van der Waals surface area contributed by atoms with Gasteiger partial charge in [-0.1, -0.05) is 19.9 Å². The molecule has 0 aromatic carbocycles. The molecule has 0 radical (unpaired) electrons. The van der Waals surface area contributed by atoms with E-state index in [4.69, 9.17) is 5.73 Å². The van der Waals surface area contributed by atoms with E-state index >= 15 is 0 Å². The van der Waals surface area contributed by atoms with Crippen LogP contribution < -0.4 is 11.1 Å². The lowest BCUT2D eigenvalue weighted by Gasteiger charge is -2.19. The molecule has 1 fully saturated rings. The van der Waals surface area contributed by atoms with Gasteiger partial charge in [-0.2, -0.15) is 0 Å². The zero-order chi connectivity index (χ0) is 11.6. The first-order chi connectivity index (χ1) is 7.61. The first-order valence-electron chi connectivity index (χ1n) is 6.01. The molecule has 16 heavy (non-hydrogen) atoms. The second-order valence-electron chi connectivity index (χ2n) is 5.46. The Morgan fingerprint density at radius 1 is 1.56 bits per heavy atom. The van der Waals surface area contributed by atoms with Crippen molar-refractivity contribution in [1.29, 1.82) is 0 Å². The van der Waals surface area contributed by atoms with Crippen molar-refractivity contribution in [2.24, 2.45) is 11.1 Å². The summed E-state index contributed by atoms with van der Waals surface area (Å²) >= 11 is 0. The van der Waals surface area contributed by atoms with Crippen LogP contribution in [0, 0.1) is 5.41 Å². The highest BCUT2D eigenvalue weighted by Crippen LogP contribution is 2.38. The number of anilines is 1. The van der Waals surface area contributed by atoms with Gasteiger partial charge in [-0.3, -0.25) is 0 Å². The van der Waals surface area contributed by atoms with Crippen molar-refractivity contribution in [2.45, 2.75) is 45.7 Å². The van der Waals surface area contributed by atoms with Gasteiger partial charge < -0.3 is 11.1 Å². The normalized spacial score (nSPS) is 23.3. The average Bonchev–Trinajstić information content (AvgIpc) is 2.59. The number of aromatic nitrogens is 1. The minimum atomic E-state index is 0.468. The zero-order valence-electron chi connectivity index (χ0n) is 10.2. The standard InChI is InChI=1S/C13H21N3/c1-13(2)6-5-11(8-13)16-12-10(9-14)4-3-7-15-12/h3-4,7,11H,5-6,8-9,14H2,1-2H3,(H,15,16). The molecule has 88 valence electrons. The third-order valence-corrected chi connectivity index (χ3v) is 3.42. The lowest BCUT2D eigenvalue weighted by Crippen LogP contribution is -2.19. The first-order valence-corrected chi connectivity index (χ1v) is 6.01. The van der Waals surface area contributed by atoms with Gasteiger partial charge >= 0.3 is 0 Å². The summed E-state index contributed by atoms with van der Waals surface area (Å²) < 4.78 is 0. The van der Waals surface area contributed by atoms with E-state index in [2.05, 4.69) is 24.1 Å². The van der Waals surface area contributed by atoms with Crippen LogP contribution in [0.4, 0.5) is 5.82 Å². The number of hydrogen-bond acceptors (Lipinski definition) is 3. The second kappa shape index (κ2) is 4.42. The Kier molecular flexibility index (Phi) is 3.15. The van der Waals surface area contributed by atoms with E-state index in [1.54, 1.807) is 0 Å². The fourth-order valence-corrected chi connectivity index (χ4v) is 2.49. The molecule has 1 aliphatic carbocycles. The fourth-order valence-electron chi connectivity index (χ4n) is 2.49. The maximum absolute atomic E-state index is 5.70. The molecule has 0 amide bonds. The highest BCUT2D eigenvalue weighted by molar-refractivity contribution is 5.44. The molecule has 0 aliphatic heterocycles. The summed E-state index contributed by atoms with van der Waals surface area (Å²) in [6.07, 6.45) is 5.55. The predicted molar refractivity (Wildman–Crippen MR) is 67.2 cm³/mol. The summed E-state index contributed by atoms with van der Waals surface area (Å²) in [5.74, 6) is 0.965. The van der Waals surface area contributed by atoms with Crippen LogP contribution in [0.2, 0.25) is 0 Å². The number of pyridine rings is 1. The monoisotopic (exact) mass is 219 g/mol. The second-order valence-corrected chi connectivity index (χ2v) is 5.46. The Morgan fingerprint density at radius 2 is 2.38 bits per heavy atom. The topological polar surface area (TPSA) is 50.9 Å². The minimum Gasteiger partial charge on any atom is -0.367 e. The van der Waals surface area contributed by atoms with Gasteiger partial charge in [0.15, 0.2) is 0 Å². The molecular formula is C13H21N3. The van der Waals surface area contributed by atoms with Gasteiger partial charge in [0.05, 0.1) is 0 Å². The Bertz CT molecular complexity index is 360. The first kappa shape index (κ1) is 11.4. The van der Waals surface area contributed by atoms with Crippen molar-refractivity contribution in [3.05, 3.63) is 23.9 Å². The van der Waals surface area contributed by atoms with Crippen LogP contribution in [0.25, 0.3) is 0 Å². The van der Waals surface area contributed by atoms with Crippen LogP contribution >= 0.6 is 0 Å². The van der Waals surface area contributed by atoms with Crippen molar-refractivity contribution >= 4 is 5.82 Å². The predicted octanol–water partition coefficient (Wildman–Crippen LogP) is 2.53. The largest absolute Gasteiger partial charge is 0.367 e. The van der Waals surface area contributed by atoms with Crippen LogP contribution in [0.1, 0.15) is 38.7 Å². The molecule has 0 saturated heterocycles. The van der Waals surface area contributed by atoms with E-state index in [1.165, 1.54) is 19.3 Å². The van der Waals surface area contributed by atoms with E-state index < -0.39 is 0 Å². The zero-order valence-corrected chi connectivity index (χ0v) is 10.2. The Balaban J connectivity index is 2.04. The van der Waals surface area contributed by atoms with Crippen molar-refractivity contribution in [3.63, 3.8) is 0 Å². The van der Waals surface area contributed by atoms with Crippen molar-refractivity contribution in [3.8, 4) is 0 Å². The van der Waals surface area contributed by atoms with Crippen LogP contribution in [0.15, 0.2) is 18.3 Å². The molecule has 3 nitrogen and oxygen atoms in total. The summed E-state index contributed by atoms with van der Waals surface area (Å²) in [5.41, 5.74) is 7.27. The number of nitrogens with two attached hydrogens (primary N) is 1. The molecular weight excluding hydrogens is 198 g/mol. The smallest absolute Gasteiger partial charge is 0.130 e. The van der Waals surface area contributed by atoms with Crippen LogP contribution in [0.5, 0.6) is 0 Å². The number of hydrogen-bond donors (Lipinski definition) is 2. The molecule has 1 atom stereocenters.